The van der Waals surface area contributed by atoms with Crippen LogP contribution in [-0.2, 0) is 6.54 Å². The molecule has 3 rings (SSSR count). The van der Waals surface area contributed by atoms with Crippen molar-refractivity contribution in [3.05, 3.63) is 70.1 Å². The van der Waals surface area contributed by atoms with E-state index < -0.39 is 5.97 Å². The van der Waals surface area contributed by atoms with Crippen LogP contribution in [0.1, 0.15) is 15.9 Å². The first kappa shape index (κ1) is 13.8. The minimum atomic E-state index is -0.962. The molecule has 3 nitrogen and oxygen atoms in total. The summed E-state index contributed by atoms with van der Waals surface area (Å²) in [5.41, 5.74) is 2.00. The van der Waals surface area contributed by atoms with Crippen LogP contribution in [0.4, 0.5) is 4.39 Å². The fourth-order valence-electron chi connectivity index (χ4n) is 2.36. The van der Waals surface area contributed by atoms with Crippen molar-refractivity contribution in [3.63, 3.8) is 0 Å². The van der Waals surface area contributed by atoms with Gasteiger partial charge in [-0.25, -0.2) is 9.18 Å². The van der Waals surface area contributed by atoms with Gasteiger partial charge in [-0.1, -0.05) is 28.1 Å². The lowest BCUT2D eigenvalue weighted by molar-refractivity contribution is 0.0699. The van der Waals surface area contributed by atoms with E-state index in [0.717, 1.165) is 15.6 Å². The second kappa shape index (κ2) is 5.33. The number of carboxylic acid groups (broad SMARTS) is 1. The SMILES string of the molecule is O=C(O)c1cn(Cc2ccc(F)cc2)c2ccc(Br)cc12. The molecule has 0 atom stereocenters. The number of rotatable bonds is 3. The molecule has 21 heavy (non-hydrogen) atoms. The van der Waals surface area contributed by atoms with Gasteiger partial charge in [0.1, 0.15) is 5.82 Å². The summed E-state index contributed by atoms with van der Waals surface area (Å²) in [4.78, 5) is 11.4. The van der Waals surface area contributed by atoms with E-state index in [2.05, 4.69) is 15.9 Å². The third-order valence-electron chi connectivity index (χ3n) is 3.34. The summed E-state index contributed by atoms with van der Waals surface area (Å²) in [6, 6.07) is 11.7. The van der Waals surface area contributed by atoms with Crippen molar-refractivity contribution >= 4 is 32.8 Å². The molecular formula is C16H11BrFNO2. The zero-order valence-electron chi connectivity index (χ0n) is 10.9. The second-order valence-corrected chi connectivity index (χ2v) is 5.68. The van der Waals surface area contributed by atoms with E-state index in [1.54, 1.807) is 24.4 Å². The van der Waals surface area contributed by atoms with Gasteiger partial charge in [0.05, 0.1) is 5.56 Å². The van der Waals surface area contributed by atoms with Crippen molar-refractivity contribution in [2.75, 3.05) is 0 Å². The molecule has 2 aromatic carbocycles. The topological polar surface area (TPSA) is 42.2 Å². The number of carboxylic acids is 1. The van der Waals surface area contributed by atoms with Crippen LogP contribution in [0, 0.1) is 5.82 Å². The number of aromatic carboxylic acids is 1. The number of hydrogen-bond acceptors (Lipinski definition) is 1. The van der Waals surface area contributed by atoms with Crippen LogP contribution >= 0.6 is 15.9 Å². The van der Waals surface area contributed by atoms with Gasteiger partial charge in [-0.2, -0.15) is 0 Å². The van der Waals surface area contributed by atoms with Gasteiger partial charge in [-0.3, -0.25) is 0 Å². The lowest BCUT2D eigenvalue weighted by Gasteiger charge is -2.05. The fraction of sp³-hybridized carbons (Fsp3) is 0.0625. The zero-order valence-corrected chi connectivity index (χ0v) is 12.5. The molecule has 0 aliphatic rings. The highest BCUT2D eigenvalue weighted by atomic mass is 79.9. The molecule has 0 saturated carbocycles. The summed E-state index contributed by atoms with van der Waals surface area (Å²) in [7, 11) is 0. The highest BCUT2D eigenvalue weighted by Gasteiger charge is 2.14. The second-order valence-electron chi connectivity index (χ2n) is 4.76. The molecule has 0 fully saturated rings. The molecule has 3 aromatic rings. The molecule has 0 spiro atoms. The summed E-state index contributed by atoms with van der Waals surface area (Å²) in [5, 5.41) is 9.99. The fourth-order valence-corrected chi connectivity index (χ4v) is 2.72. The number of hydrogen-bond donors (Lipinski definition) is 1. The zero-order chi connectivity index (χ0) is 15.0. The maximum absolute atomic E-state index is 12.9. The van der Waals surface area contributed by atoms with Gasteiger partial charge in [0.15, 0.2) is 0 Å². The Bertz CT molecular complexity index is 824. The minimum Gasteiger partial charge on any atom is -0.478 e. The van der Waals surface area contributed by atoms with Crippen molar-refractivity contribution in [2.24, 2.45) is 0 Å². The summed E-state index contributed by atoms with van der Waals surface area (Å²) < 4.78 is 15.6. The number of benzene rings is 2. The molecule has 1 aromatic heterocycles. The molecule has 1 heterocycles. The molecule has 0 unspecified atom stereocenters. The third-order valence-corrected chi connectivity index (χ3v) is 3.83. The monoisotopic (exact) mass is 347 g/mol. The van der Waals surface area contributed by atoms with E-state index in [1.807, 2.05) is 16.7 Å². The number of halogens is 2. The van der Waals surface area contributed by atoms with Crippen molar-refractivity contribution in [1.82, 2.24) is 4.57 Å². The highest BCUT2D eigenvalue weighted by molar-refractivity contribution is 9.10. The van der Waals surface area contributed by atoms with Crippen molar-refractivity contribution in [2.45, 2.75) is 6.54 Å². The van der Waals surface area contributed by atoms with Crippen LogP contribution < -0.4 is 0 Å². The summed E-state index contributed by atoms with van der Waals surface area (Å²) >= 11 is 3.36. The van der Waals surface area contributed by atoms with E-state index in [-0.39, 0.29) is 11.4 Å². The van der Waals surface area contributed by atoms with E-state index in [1.165, 1.54) is 12.1 Å². The number of fused-ring (bicyclic) bond motifs is 1. The molecular weight excluding hydrogens is 337 g/mol. The Hall–Kier alpha value is -2.14. The molecule has 5 heteroatoms. The first-order valence-corrected chi connectivity index (χ1v) is 7.10. The number of nitrogens with zero attached hydrogens (tertiary/aromatic N) is 1. The van der Waals surface area contributed by atoms with Gasteiger partial charge in [-0.05, 0) is 35.9 Å². The Morgan fingerprint density at radius 1 is 1.19 bits per heavy atom. The van der Waals surface area contributed by atoms with E-state index in [4.69, 9.17) is 0 Å². The molecule has 0 aliphatic heterocycles. The Morgan fingerprint density at radius 3 is 2.57 bits per heavy atom. The maximum atomic E-state index is 12.9. The van der Waals surface area contributed by atoms with Crippen LogP contribution in [0.15, 0.2) is 53.1 Å². The Kier molecular flexibility index (Phi) is 3.51. The first-order chi connectivity index (χ1) is 10.0. The van der Waals surface area contributed by atoms with Gasteiger partial charge < -0.3 is 9.67 Å². The Labute approximate surface area is 128 Å². The van der Waals surface area contributed by atoms with Gasteiger partial charge in [0, 0.05) is 28.1 Å². The predicted molar refractivity (Wildman–Crippen MR) is 82.1 cm³/mol. The van der Waals surface area contributed by atoms with Crippen LogP contribution in [0.25, 0.3) is 10.9 Å². The molecule has 0 radical (unpaired) electrons. The lowest BCUT2D eigenvalue weighted by atomic mass is 10.2. The molecule has 0 saturated heterocycles. The van der Waals surface area contributed by atoms with Crippen LogP contribution in [0.5, 0.6) is 0 Å². The maximum Gasteiger partial charge on any atom is 0.337 e. The largest absolute Gasteiger partial charge is 0.478 e. The van der Waals surface area contributed by atoms with Crippen molar-refractivity contribution < 1.29 is 14.3 Å². The average molecular weight is 348 g/mol. The summed E-state index contributed by atoms with van der Waals surface area (Å²) in [5.74, 6) is -1.25. The van der Waals surface area contributed by atoms with Gasteiger partial charge >= 0.3 is 5.97 Å². The van der Waals surface area contributed by atoms with Crippen LogP contribution in [-0.4, -0.2) is 15.6 Å². The normalized spacial score (nSPS) is 11.0. The number of carbonyl (C=O) groups is 1. The Morgan fingerprint density at radius 2 is 1.90 bits per heavy atom. The van der Waals surface area contributed by atoms with Crippen molar-refractivity contribution in [1.29, 1.82) is 0 Å². The number of aromatic nitrogens is 1. The summed E-state index contributed by atoms with van der Waals surface area (Å²) in [6.07, 6.45) is 1.61. The minimum absolute atomic E-state index is 0.258. The molecule has 0 aliphatic carbocycles. The van der Waals surface area contributed by atoms with Gasteiger partial charge in [0.2, 0.25) is 0 Å². The quantitative estimate of drug-likeness (QED) is 0.767. The third kappa shape index (κ3) is 2.69. The highest BCUT2D eigenvalue weighted by Crippen LogP contribution is 2.26. The summed E-state index contributed by atoms with van der Waals surface area (Å²) in [6.45, 7) is 0.492. The first-order valence-electron chi connectivity index (χ1n) is 6.31. The molecule has 106 valence electrons. The van der Waals surface area contributed by atoms with Crippen LogP contribution in [0.3, 0.4) is 0 Å². The van der Waals surface area contributed by atoms with Crippen LogP contribution in [0.2, 0.25) is 0 Å². The standard InChI is InChI=1S/C16H11BrFNO2/c17-11-3-6-15-13(7-11)14(16(20)21)9-19(15)8-10-1-4-12(18)5-2-10/h1-7,9H,8H2,(H,20,21). The van der Waals surface area contributed by atoms with E-state index in [0.29, 0.717) is 11.9 Å². The van der Waals surface area contributed by atoms with Crippen molar-refractivity contribution in [3.8, 4) is 0 Å². The van der Waals surface area contributed by atoms with Gasteiger partial charge in [-0.15, -0.1) is 0 Å². The molecule has 1 N–H and O–H groups in total. The van der Waals surface area contributed by atoms with Gasteiger partial charge in [0.25, 0.3) is 0 Å². The lowest BCUT2D eigenvalue weighted by Crippen LogP contribution is -1.98. The smallest absolute Gasteiger partial charge is 0.337 e. The molecule has 0 bridgehead atoms. The predicted octanol–water partition coefficient (Wildman–Crippen LogP) is 4.29. The Balaban J connectivity index is 2.10. The van der Waals surface area contributed by atoms with E-state index in [9.17, 15) is 14.3 Å². The average Bonchev–Trinajstić information content (AvgIpc) is 2.79. The molecule has 0 amide bonds. The van der Waals surface area contributed by atoms with E-state index >= 15 is 0 Å².